The molecule has 7 nitrogen and oxygen atoms in total. The number of benzene rings is 2. The summed E-state index contributed by atoms with van der Waals surface area (Å²) in [5, 5.41) is 26.1. The van der Waals surface area contributed by atoms with Crippen molar-refractivity contribution in [3.63, 3.8) is 0 Å². The van der Waals surface area contributed by atoms with Crippen LogP contribution in [0.5, 0.6) is 0 Å². The van der Waals surface area contributed by atoms with Gasteiger partial charge in [-0.05, 0) is 61.7 Å². The average Bonchev–Trinajstić information content (AvgIpc) is 3.46. The molecule has 0 amide bonds. The molecule has 1 atom stereocenters. The van der Waals surface area contributed by atoms with Crippen LogP contribution in [0.3, 0.4) is 0 Å². The normalized spacial score (nSPS) is 13.6. The summed E-state index contributed by atoms with van der Waals surface area (Å²) in [5.41, 5.74) is 6.91. The Morgan fingerprint density at radius 3 is 2.90 bits per heavy atom. The number of hydrogen-bond acceptors (Lipinski definition) is 6. The molecule has 0 saturated carbocycles. The smallest absolute Gasteiger partial charge is 0.109 e. The molecule has 0 aliphatic carbocycles. The third kappa shape index (κ3) is 3.57. The number of nitriles is 1. The van der Waals surface area contributed by atoms with Crippen LogP contribution in [-0.4, -0.2) is 26.5 Å². The molecule has 1 aliphatic rings. The van der Waals surface area contributed by atoms with E-state index in [1.54, 1.807) is 6.20 Å². The van der Waals surface area contributed by atoms with Gasteiger partial charge in [-0.3, -0.25) is 4.98 Å². The highest BCUT2D eigenvalue weighted by Gasteiger charge is 2.24. The molecule has 2 N–H and O–H groups in total. The van der Waals surface area contributed by atoms with Crippen molar-refractivity contribution in [3.05, 3.63) is 77.2 Å². The SMILES string of the molecule is CC(C)n1cc(C(Nc2ccc3ncc(C#N)cc3c2)c2cccc3c2CCN3)nn1. The summed E-state index contributed by atoms with van der Waals surface area (Å²) in [5.74, 6) is 0. The summed E-state index contributed by atoms with van der Waals surface area (Å²) < 4.78 is 1.88. The maximum absolute atomic E-state index is 9.22. The molecule has 0 spiro atoms. The van der Waals surface area contributed by atoms with E-state index in [1.807, 2.05) is 35.1 Å². The van der Waals surface area contributed by atoms with Gasteiger partial charge >= 0.3 is 0 Å². The van der Waals surface area contributed by atoms with Crippen LogP contribution in [0.15, 0.2) is 54.9 Å². The molecule has 5 rings (SSSR count). The fraction of sp³-hybridized carbons (Fsp3) is 0.250. The van der Waals surface area contributed by atoms with Gasteiger partial charge in [0, 0.05) is 35.5 Å². The number of pyridine rings is 1. The van der Waals surface area contributed by atoms with E-state index >= 15 is 0 Å². The Hall–Kier alpha value is -3.92. The fourth-order valence-electron chi connectivity index (χ4n) is 4.08. The first-order valence-electron chi connectivity index (χ1n) is 10.5. The Balaban J connectivity index is 1.58. The third-order valence-corrected chi connectivity index (χ3v) is 5.69. The highest BCUT2D eigenvalue weighted by atomic mass is 15.4. The van der Waals surface area contributed by atoms with Crippen LogP contribution in [0.4, 0.5) is 11.4 Å². The zero-order chi connectivity index (χ0) is 21.4. The minimum atomic E-state index is -0.146. The van der Waals surface area contributed by atoms with E-state index in [2.05, 4.69) is 64.0 Å². The maximum atomic E-state index is 9.22. The van der Waals surface area contributed by atoms with Crippen LogP contribution < -0.4 is 10.6 Å². The molecule has 1 unspecified atom stereocenters. The molecular formula is C24H23N7. The topological polar surface area (TPSA) is 91.5 Å². The van der Waals surface area contributed by atoms with Gasteiger partial charge in [-0.15, -0.1) is 5.10 Å². The van der Waals surface area contributed by atoms with Crippen molar-refractivity contribution in [1.82, 2.24) is 20.0 Å². The first-order valence-corrected chi connectivity index (χ1v) is 10.5. The molecule has 31 heavy (non-hydrogen) atoms. The van der Waals surface area contributed by atoms with E-state index in [4.69, 9.17) is 0 Å². The summed E-state index contributed by atoms with van der Waals surface area (Å²) >= 11 is 0. The lowest BCUT2D eigenvalue weighted by atomic mass is 9.96. The molecule has 2 aromatic carbocycles. The number of anilines is 2. The minimum Gasteiger partial charge on any atom is -0.384 e. The molecular weight excluding hydrogens is 386 g/mol. The Kier molecular flexibility index (Phi) is 4.75. The van der Waals surface area contributed by atoms with Crippen LogP contribution in [0.1, 0.15) is 48.3 Å². The van der Waals surface area contributed by atoms with Crippen molar-refractivity contribution in [3.8, 4) is 6.07 Å². The number of rotatable bonds is 5. The monoisotopic (exact) mass is 409 g/mol. The van der Waals surface area contributed by atoms with Crippen molar-refractivity contribution in [2.75, 3.05) is 17.2 Å². The molecule has 7 heteroatoms. The fourth-order valence-corrected chi connectivity index (χ4v) is 4.08. The number of hydrogen-bond donors (Lipinski definition) is 2. The first-order chi connectivity index (χ1) is 15.1. The Morgan fingerprint density at radius 1 is 1.19 bits per heavy atom. The highest BCUT2D eigenvalue weighted by molar-refractivity contribution is 5.83. The molecule has 154 valence electrons. The van der Waals surface area contributed by atoms with Gasteiger partial charge in [0.05, 0.1) is 23.3 Å². The van der Waals surface area contributed by atoms with Crippen molar-refractivity contribution in [2.45, 2.75) is 32.4 Å². The van der Waals surface area contributed by atoms with Crippen LogP contribution in [0.2, 0.25) is 0 Å². The van der Waals surface area contributed by atoms with E-state index < -0.39 is 0 Å². The average molecular weight is 409 g/mol. The van der Waals surface area contributed by atoms with Gasteiger partial charge < -0.3 is 10.6 Å². The van der Waals surface area contributed by atoms with Crippen LogP contribution >= 0.6 is 0 Å². The summed E-state index contributed by atoms with van der Waals surface area (Å²) in [6.45, 7) is 5.12. The van der Waals surface area contributed by atoms with E-state index in [0.717, 1.165) is 35.2 Å². The number of nitrogens with zero attached hydrogens (tertiary/aromatic N) is 5. The standard InChI is InChI=1S/C24H23N7/c1-15(2)31-14-23(29-30-31)24(20-4-3-5-22-19(20)8-9-26-22)28-18-6-7-21-17(11-18)10-16(12-25)13-27-21/h3-7,10-11,13-15,24,26,28H,8-9H2,1-2H3. The lowest BCUT2D eigenvalue weighted by molar-refractivity contribution is 0.514. The van der Waals surface area contributed by atoms with E-state index in [0.29, 0.717) is 5.56 Å². The molecule has 0 bridgehead atoms. The first kappa shape index (κ1) is 19.1. The predicted molar refractivity (Wildman–Crippen MR) is 121 cm³/mol. The second kappa shape index (κ2) is 7.73. The molecule has 4 aromatic rings. The largest absolute Gasteiger partial charge is 0.384 e. The molecule has 0 fully saturated rings. The van der Waals surface area contributed by atoms with E-state index in [1.165, 1.54) is 16.8 Å². The summed E-state index contributed by atoms with van der Waals surface area (Å²) in [6.07, 6.45) is 4.60. The van der Waals surface area contributed by atoms with Crippen LogP contribution in [0, 0.1) is 11.3 Å². The predicted octanol–water partition coefficient (Wildman–Crippen LogP) is 4.45. The zero-order valence-electron chi connectivity index (χ0n) is 17.5. The van der Waals surface area contributed by atoms with Gasteiger partial charge in [0.2, 0.25) is 0 Å². The summed E-state index contributed by atoms with van der Waals surface area (Å²) in [4.78, 5) is 4.37. The van der Waals surface area contributed by atoms with E-state index in [-0.39, 0.29) is 12.1 Å². The number of aromatic nitrogens is 4. The maximum Gasteiger partial charge on any atom is 0.109 e. The van der Waals surface area contributed by atoms with Crippen LogP contribution in [-0.2, 0) is 6.42 Å². The third-order valence-electron chi connectivity index (χ3n) is 5.69. The van der Waals surface area contributed by atoms with Gasteiger partial charge in [-0.2, -0.15) is 5.26 Å². The van der Waals surface area contributed by atoms with Crippen LogP contribution in [0.25, 0.3) is 10.9 Å². The molecule has 2 aromatic heterocycles. The lowest BCUT2D eigenvalue weighted by Crippen LogP contribution is -2.15. The quantitative estimate of drug-likeness (QED) is 0.506. The highest BCUT2D eigenvalue weighted by Crippen LogP contribution is 2.34. The van der Waals surface area contributed by atoms with Gasteiger partial charge in [0.1, 0.15) is 11.8 Å². The summed E-state index contributed by atoms with van der Waals surface area (Å²) in [7, 11) is 0. The Morgan fingerprint density at radius 2 is 2.10 bits per heavy atom. The molecule has 1 aliphatic heterocycles. The van der Waals surface area contributed by atoms with Gasteiger partial charge in [-0.1, -0.05) is 17.3 Å². The molecule has 0 saturated heterocycles. The van der Waals surface area contributed by atoms with Gasteiger partial charge in [-0.25, -0.2) is 4.68 Å². The minimum absolute atomic E-state index is 0.146. The summed E-state index contributed by atoms with van der Waals surface area (Å²) in [6, 6.07) is 16.5. The van der Waals surface area contributed by atoms with Crippen molar-refractivity contribution >= 4 is 22.3 Å². The Bertz CT molecular complexity index is 1300. The van der Waals surface area contributed by atoms with Crippen molar-refractivity contribution in [2.24, 2.45) is 0 Å². The molecule has 0 radical (unpaired) electrons. The second-order valence-electron chi connectivity index (χ2n) is 8.09. The van der Waals surface area contributed by atoms with Gasteiger partial charge in [0.25, 0.3) is 0 Å². The van der Waals surface area contributed by atoms with E-state index in [9.17, 15) is 5.26 Å². The lowest BCUT2D eigenvalue weighted by Gasteiger charge is -2.21. The van der Waals surface area contributed by atoms with Crippen molar-refractivity contribution < 1.29 is 0 Å². The second-order valence-corrected chi connectivity index (χ2v) is 8.09. The number of nitrogens with one attached hydrogen (secondary N) is 2. The Labute approximate surface area is 180 Å². The molecule has 3 heterocycles. The van der Waals surface area contributed by atoms with Gasteiger partial charge in [0.15, 0.2) is 0 Å². The number of fused-ring (bicyclic) bond motifs is 2. The zero-order valence-corrected chi connectivity index (χ0v) is 17.5. The van der Waals surface area contributed by atoms with Crippen molar-refractivity contribution in [1.29, 1.82) is 5.26 Å².